The van der Waals surface area contributed by atoms with Crippen LogP contribution in [0.4, 0.5) is 0 Å². The molecule has 79 heavy (non-hydrogen) atoms. The first-order valence-corrected chi connectivity index (χ1v) is 33.3. The Morgan fingerprint density at radius 2 is 0.785 bits per heavy atom. The van der Waals surface area contributed by atoms with E-state index in [0.29, 0.717) is 19.3 Å². The molecule has 0 spiro atoms. The monoisotopic (exact) mass is 1120 g/mol. The topological polar surface area (TPSA) is 175 Å². The molecule has 0 aromatic rings. The fraction of sp³-hybridized carbons (Fsp3) is 0.881. The van der Waals surface area contributed by atoms with Crippen molar-refractivity contribution in [2.45, 2.75) is 366 Å². The highest BCUT2D eigenvalue weighted by molar-refractivity contribution is 5.74. The minimum Gasteiger partial charge on any atom is -0.479 e. The number of aliphatic hydroxyl groups is 2. The maximum atomic E-state index is 13.2. The van der Waals surface area contributed by atoms with Gasteiger partial charge in [0.25, 0.3) is 0 Å². The first-order valence-electron chi connectivity index (χ1n) is 33.3. The van der Waals surface area contributed by atoms with Gasteiger partial charge in [0.15, 0.2) is 24.6 Å². The number of ether oxygens (including phenoxy) is 5. The average Bonchev–Trinajstić information content (AvgIpc) is 3.43. The Morgan fingerprint density at radius 1 is 0.418 bits per heavy atom. The number of aliphatic carboxylic acids is 1. The molecule has 6 unspecified atom stereocenters. The van der Waals surface area contributed by atoms with Crippen LogP contribution in [0.25, 0.3) is 0 Å². The molecule has 0 amide bonds. The van der Waals surface area contributed by atoms with E-state index in [1.807, 2.05) is 0 Å². The predicted molar refractivity (Wildman–Crippen MR) is 322 cm³/mol. The number of carboxylic acids is 1. The minimum absolute atomic E-state index is 0.0664. The van der Waals surface area contributed by atoms with Crippen LogP contribution < -0.4 is 0 Å². The first-order chi connectivity index (χ1) is 38.6. The summed E-state index contributed by atoms with van der Waals surface area (Å²) in [7, 11) is 0. The number of rotatable bonds is 58. The largest absolute Gasteiger partial charge is 0.479 e. The average molecular weight is 1120 g/mol. The molecule has 0 aliphatic carbocycles. The van der Waals surface area contributed by atoms with Crippen molar-refractivity contribution in [1.82, 2.24) is 0 Å². The minimum atomic E-state index is -1.90. The van der Waals surface area contributed by atoms with Crippen molar-refractivity contribution in [2.75, 3.05) is 13.2 Å². The number of aliphatic hydroxyl groups excluding tert-OH is 2. The summed E-state index contributed by atoms with van der Waals surface area (Å²) < 4.78 is 28.5. The molecule has 0 aromatic carbocycles. The molecule has 1 heterocycles. The molecule has 1 rings (SSSR count). The zero-order valence-corrected chi connectivity index (χ0v) is 51.1. The summed E-state index contributed by atoms with van der Waals surface area (Å²) in [5, 5.41) is 31.6. The predicted octanol–water partition coefficient (Wildman–Crippen LogP) is 17.8. The normalized spacial score (nSPS) is 17.9. The lowest BCUT2D eigenvalue weighted by atomic mass is 9.98. The Labute approximate surface area is 483 Å². The van der Waals surface area contributed by atoms with E-state index in [1.54, 1.807) is 0 Å². The summed E-state index contributed by atoms with van der Waals surface area (Å²) in [5.74, 6) is -3.10. The van der Waals surface area contributed by atoms with Gasteiger partial charge in [-0.05, 0) is 44.9 Å². The number of carbonyl (C=O) groups is 4. The van der Waals surface area contributed by atoms with E-state index in [1.165, 1.54) is 180 Å². The third kappa shape index (κ3) is 45.4. The number of esters is 3. The van der Waals surface area contributed by atoms with E-state index < -0.39 is 67.3 Å². The Hall–Kier alpha value is -2.80. The molecule has 0 radical (unpaired) electrons. The number of hydrogen-bond acceptors (Lipinski definition) is 11. The number of allylic oxidation sites excluding steroid dienone is 4. The lowest BCUT2D eigenvalue weighted by Crippen LogP contribution is -2.61. The summed E-state index contributed by atoms with van der Waals surface area (Å²) >= 11 is 0. The van der Waals surface area contributed by atoms with Crippen LogP contribution in [0.2, 0.25) is 0 Å². The van der Waals surface area contributed by atoms with Gasteiger partial charge in [-0.25, -0.2) is 4.79 Å². The van der Waals surface area contributed by atoms with Gasteiger partial charge < -0.3 is 39.0 Å². The highest BCUT2D eigenvalue weighted by Crippen LogP contribution is 2.27. The molecule has 6 atom stereocenters. The van der Waals surface area contributed by atoms with Crippen molar-refractivity contribution in [3.8, 4) is 0 Å². The molecule has 1 aliphatic rings. The molecule has 3 N–H and O–H groups in total. The van der Waals surface area contributed by atoms with Gasteiger partial charge in [0.1, 0.15) is 18.8 Å². The van der Waals surface area contributed by atoms with Crippen LogP contribution >= 0.6 is 0 Å². The summed E-state index contributed by atoms with van der Waals surface area (Å²) in [5.41, 5.74) is 0. The zero-order valence-electron chi connectivity index (χ0n) is 51.1. The van der Waals surface area contributed by atoms with Crippen LogP contribution in [0.15, 0.2) is 24.3 Å². The first kappa shape index (κ1) is 74.2. The van der Waals surface area contributed by atoms with E-state index in [-0.39, 0.29) is 25.9 Å². The molecule has 0 saturated carbocycles. The molecular weight excluding hydrogens is 997 g/mol. The molecule has 462 valence electrons. The summed E-state index contributed by atoms with van der Waals surface area (Å²) in [6.45, 7) is 5.98. The van der Waals surface area contributed by atoms with Crippen LogP contribution in [0.3, 0.4) is 0 Å². The van der Waals surface area contributed by atoms with E-state index in [4.69, 9.17) is 23.7 Å². The lowest BCUT2D eigenvalue weighted by Gasteiger charge is -2.40. The van der Waals surface area contributed by atoms with Crippen molar-refractivity contribution >= 4 is 23.9 Å². The third-order valence-electron chi connectivity index (χ3n) is 15.5. The number of carbonyl (C=O) groups excluding carboxylic acids is 3. The molecule has 12 heteroatoms. The van der Waals surface area contributed by atoms with Crippen LogP contribution in [0.1, 0.15) is 329 Å². The maximum Gasteiger partial charge on any atom is 0.335 e. The van der Waals surface area contributed by atoms with Crippen molar-refractivity contribution in [3.05, 3.63) is 24.3 Å². The standard InChI is InChI=1S/C67H122O12/c1-4-7-10-13-16-19-22-25-27-29-30-32-34-37-40-43-46-49-52-55-61(70)78-65-63(72)62(71)64(66(73)74)79-67(65)76-57-58(77-60(69)54-51-48-45-42-39-35-24-21-18-15-12-9-6-3)56-75-59(68)53-50-47-44-41-38-36-33-31-28-26-23-20-17-14-11-8-5-2/h12,15,21,24,58,62-65,67,71-72H,4-11,13-14,16-20,22-23,25-57H2,1-3H3,(H,73,74)/b15-12-,24-21-. The quantitative estimate of drug-likeness (QED) is 0.0228. The molecule has 1 saturated heterocycles. The smallest absolute Gasteiger partial charge is 0.335 e. The van der Waals surface area contributed by atoms with E-state index >= 15 is 0 Å². The molecule has 1 fully saturated rings. The van der Waals surface area contributed by atoms with E-state index in [9.17, 15) is 34.5 Å². The number of unbranched alkanes of at least 4 members (excludes halogenated alkanes) is 40. The second-order valence-electron chi connectivity index (χ2n) is 23.1. The maximum absolute atomic E-state index is 13.2. The van der Waals surface area contributed by atoms with Gasteiger partial charge in [-0.3, -0.25) is 14.4 Å². The van der Waals surface area contributed by atoms with Gasteiger partial charge in [-0.2, -0.15) is 0 Å². The fourth-order valence-corrected chi connectivity index (χ4v) is 10.4. The van der Waals surface area contributed by atoms with Gasteiger partial charge in [0.05, 0.1) is 6.61 Å². The van der Waals surface area contributed by atoms with Crippen molar-refractivity contribution in [2.24, 2.45) is 0 Å². The summed E-state index contributed by atoms with van der Waals surface area (Å²) in [6.07, 6.45) is 52.8. The summed E-state index contributed by atoms with van der Waals surface area (Å²) in [4.78, 5) is 51.3. The van der Waals surface area contributed by atoms with Gasteiger partial charge >= 0.3 is 23.9 Å². The van der Waals surface area contributed by atoms with Crippen molar-refractivity contribution in [1.29, 1.82) is 0 Å². The molecule has 1 aliphatic heterocycles. The Balaban J connectivity index is 2.61. The van der Waals surface area contributed by atoms with Crippen LogP contribution in [0.5, 0.6) is 0 Å². The molecule has 0 aromatic heterocycles. The van der Waals surface area contributed by atoms with Crippen LogP contribution in [-0.4, -0.2) is 89.2 Å². The van der Waals surface area contributed by atoms with E-state index in [0.717, 1.165) is 89.9 Å². The van der Waals surface area contributed by atoms with Crippen LogP contribution in [0, 0.1) is 0 Å². The second kappa shape index (κ2) is 55.7. The second-order valence-corrected chi connectivity index (χ2v) is 23.1. The fourth-order valence-electron chi connectivity index (χ4n) is 10.4. The highest BCUT2D eigenvalue weighted by Gasteiger charge is 2.50. The van der Waals surface area contributed by atoms with Gasteiger partial charge in [0.2, 0.25) is 0 Å². The lowest BCUT2D eigenvalue weighted by molar-refractivity contribution is -0.301. The van der Waals surface area contributed by atoms with Crippen molar-refractivity contribution in [3.63, 3.8) is 0 Å². The van der Waals surface area contributed by atoms with Gasteiger partial charge in [-0.15, -0.1) is 0 Å². The number of hydrogen-bond donors (Lipinski definition) is 3. The zero-order chi connectivity index (χ0) is 57.5. The Morgan fingerprint density at radius 3 is 1.19 bits per heavy atom. The summed E-state index contributed by atoms with van der Waals surface area (Å²) in [6, 6.07) is 0. The van der Waals surface area contributed by atoms with Gasteiger partial charge in [-0.1, -0.05) is 289 Å². The molecule has 0 bridgehead atoms. The van der Waals surface area contributed by atoms with Crippen molar-refractivity contribution < 1.29 is 58.2 Å². The van der Waals surface area contributed by atoms with E-state index in [2.05, 4.69) is 45.1 Å². The Bertz CT molecular complexity index is 1470. The molecular formula is C67H122O12. The van der Waals surface area contributed by atoms with Gasteiger partial charge in [0, 0.05) is 19.3 Å². The highest BCUT2D eigenvalue weighted by atomic mass is 16.7. The SMILES string of the molecule is CCC/C=C\C/C=C\CCCCCCCC(=O)OC(COC(=O)CCCCCCCCCCCCCCCCCCC)COC1OC(C(=O)O)C(O)C(O)C1OC(=O)CCCCCCCCCCCCCCCCCCCCC. The third-order valence-corrected chi connectivity index (χ3v) is 15.5. The molecule has 12 nitrogen and oxygen atoms in total. The number of carboxylic acid groups (broad SMARTS) is 1. The Kier molecular flexibility index (Phi) is 52.3. The van der Waals surface area contributed by atoms with Crippen LogP contribution in [-0.2, 0) is 42.9 Å².